The van der Waals surface area contributed by atoms with E-state index in [-0.39, 0.29) is 17.1 Å². The minimum absolute atomic E-state index is 0.00767. The SMILES string of the molecule is CC(C)(C)OC(=O)NCC#Cc1ccc(C(F)(F)F)cc1Cl. The molecule has 0 radical (unpaired) electrons. The number of ether oxygens (including phenoxy) is 1. The second-order valence-electron chi connectivity index (χ2n) is 5.35. The largest absolute Gasteiger partial charge is 0.444 e. The van der Waals surface area contributed by atoms with Crippen molar-refractivity contribution >= 4 is 17.7 Å². The van der Waals surface area contributed by atoms with E-state index < -0.39 is 23.4 Å². The third-order valence-electron chi connectivity index (χ3n) is 2.24. The molecule has 0 spiro atoms. The van der Waals surface area contributed by atoms with Crippen LogP contribution in [-0.4, -0.2) is 18.2 Å². The highest BCUT2D eigenvalue weighted by atomic mass is 35.5. The van der Waals surface area contributed by atoms with Crippen molar-refractivity contribution < 1.29 is 22.7 Å². The fourth-order valence-corrected chi connectivity index (χ4v) is 1.59. The Morgan fingerprint density at radius 3 is 2.45 bits per heavy atom. The van der Waals surface area contributed by atoms with Crippen molar-refractivity contribution in [2.75, 3.05) is 6.54 Å². The average molecular weight is 334 g/mol. The standard InChI is InChI=1S/C15H15ClF3NO2/c1-14(2,3)22-13(21)20-8-4-5-10-6-7-11(9-12(10)16)15(17,18)19/h6-7,9H,8H2,1-3H3,(H,20,21). The molecule has 0 aliphatic rings. The van der Waals surface area contributed by atoms with E-state index in [1.165, 1.54) is 6.07 Å². The number of carbonyl (C=O) groups excluding carboxylic acids is 1. The number of amides is 1. The first kappa shape index (κ1) is 18.2. The molecule has 0 aliphatic carbocycles. The normalized spacial score (nSPS) is 11.4. The van der Waals surface area contributed by atoms with E-state index in [1.807, 2.05) is 0 Å². The van der Waals surface area contributed by atoms with Crippen molar-refractivity contribution in [3.05, 3.63) is 34.3 Å². The van der Waals surface area contributed by atoms with E-state index in [0.29, 0.717) is 0 Å². The molecule has 0 heterocycles. The monoisotopic (exact) mass is 333 g/mol. The molecule has 120 valence electrons. The number of alkyl halides is 3. The molecule has 1 N–H and O–H groups in total. The summed E-state index contributed by atoms with van der Waals surface area (Å²) in [6.07, 6.45) is -5.08. The smallest absolute Gasteiger partial charge is 0.416 e. The van der Waals surface area contributed by atoms with Crippen LogP contribution < -0.4 is 5.32 Å². The highest BCUT2D eigenvalue weighted by molar-refractivity contribution is 6.31. The zero-order valence-corrected chi connectivity index (χ0v) is 13.0. The molecule has 1 amide bonds. The van der Waals surface area contributed by atoms with Crippen LogP contribution in [0.25, 0.3) is 0 Å². The maximum atomic E-state index is 12.5. The van der Waals surface area contributed by atoms with Crippen molar-refractivity contribution in [1.82, 2.24) is 5.32 Å². The second-order valence-corrected chi connectivity index (χ2v) is 5.76. The van der Waals surface area contributed by atoms with Crippen LogP contribution in [0, 0.1) is 11.8 Å². The average Bonchev–Trinajstić information content (AvgIpc) is 2.32. The third kappa shape index (κ3) is 6.27. The molecule has 0 atom stereocenters. The van der Waals surface area contributed by atoms with Crippen molar-refractivity contribution in [1.29, 1.82) is 0 Å². The minimum Gasteiger partial charge on any atom is -0.444 e. The molecule has 0 saturated carbocycles. The van der Waals surface area contributed by atoms with Gasteiger partial charge in [-0.3, -0.25) is 0 Å². The van der Waals surface area contributed by atoms with Gasteiger partial charge < -0.3 is 10.1 Å². The Labute approximate surface area is 131 Å². The molecule has 22 heavy (non-hydrogen) atoms. The lowest BCUT2D eigenvalue weighted by Gasteiger charge is -2.19. The molecular weight excluding hydrogens is 319 g/mol. The van der Waals surface area contributed by atoms with Gasteiger partial charge in [-0.25, -0.2) is 4.79 Å². The molecule has 7 heteroatoms. The second kappa shape index (κ2) is 6.93. The highest BCUT2D eigenvalue weighted by Crippen LogP contribution is 2.31. The predicted molar refractivity (Wildman–Crippen MR) is 77.6 cm³/mol. The van der Waals surface area contributed by atoms with E-state index in [9.17, 15) is 18.0 Å². The summed E-state index contributed by atoms with van der Waals surface area (Å²) in [6, 6.07) is 2.90. The quantitative estimate of drug-likeness (QED) is 0.781. The van der Waals surface area contributed by atoms with Gasteiger partial charge in [-0.05, 0) is 39.0 Å². The molecule has 1 rings (SSSR count). The number of hydrogen-bond donors (Lipinski definition) is 1. The predicted octanol–water partition coefficient (Wildman–Crippen LogP) is 4.24. The van der Waals surface area contributed by atoms with Crippen molar-refractivity contribution in [3.63, 3.8) is 0 Å². The number of benzene rings is 1. The summed E-state index contributed by atoms with van der Waals surface area (Å²) >= 11 is 5.75. The van der Waals surface area contributed by atoms with Gasteiger partial charge in [0.15, 0.2) is 0 Å². The van der Waals surface area contributed by atoms with E-state index >= 15 is 0 Å². The van der Waals surface area contributed by atoms with Crippen LogP contribution >= 0.6 is 11.6 Å². The zero-order chi connectivity index (χ0) is 17.0. The molecular formula is C15H15ClF3NO2. The van der Waals surface area contributed by atoms with Gasteiger partial charge in [0.25, 0.3) is 0 Å². The fraction of sp³-hybridized carbons (Fsp3) is 0.400. The van der Waals surface area contributed by atoms with Crippen LogP contribution in [0.15, 0.2) is 18.2 Å². The summed E-state index contributed by atoms with van der Waals surface area (Å²) in [4.78, 5) is 11.3. The summed E-state index contributed by atoms with van der Waals surface area (Å²) in [5.41, 5.74) is -1.20. The molecule has 0 unspecified atom stereocenters. The van der Waals surface area contributed by atoms with Gasteiger partial charge >= 0.3 is 12.3 Å². The lowest BCUT2D eigenvalue weighted by molar-refractivity contribution is -0.137. The first-order valence-corrected chi connectivity index (χ1v) is 6.69. The zero-order valence-electron chi connectivity index (χ0n) is 12.3. The third-order valence-corrected chi connectivity index (χ3v) is 2.55. The number of rotatable bonds is 1. The minimum atomic E-state index is -4.45. The van der Waals surface area contributed by atoms with Crippen LogP contribution in [0.4, 0.5) is 18.0 Å². The molecule has 0 bridgehead atoms. The number of halogens is 4. The first-order valence-electron chi connectivity index (χ1n) is 6.31. The Morgan fingerprint density at radius 2 is 1.95 bits per heavy atom. The number of alkyl carbamates (subject to hydrolysis) is 1. The molecule has 1 aromatic carbocycles. The van der Waals surface area contributed by atoms with Crippen LogP contribution in [0.1, 0.15) is 31.9 Å². The van der Waals surface area contributed by atoms with E-state index in [0.717, 1.165) is 12.1 Å². The maximum absolute atomic E-state index is 12.5. The van der Waals surface area contributed by atoms with Crippen LogP contribution in [0.3, 0.4) is 0 Å². The number of carbonyl (C=O) groups is 1. The van der Waals surface area contributed by atoms with Crippen LogP contribution in [-0.2, 0) is 10.9 Å². The van der Waals surface area contributed by atoms with Gasteiger partial charge in [-0.2, -0.15) is 13.2 Å². The molecule has 1 aromatic rings. The van der Waals surface area contributed by atoms with Gasteiger partial charge in [0.2, 0.25) is 0 Å². The Balaban J connectivity index is 2.64. The molecule has 0 fully saturated rings. The Morgan fingerprint density at radius 1 is 1.32 bits per heavy atom. The van der Waals surface area contributed by atoms with Crippen molar-refractivity contribution in [2.45, 2.75) is 32.5 Å². The van der Waals surface area contributed by atoms with Crippen molar-refractivity contribution in [3.8, 4) is 11.8 Å². The lowest BCUT2D eigenvalue weighted by Crippen LogP contribution is -2.32. The Kier molecular flexibility index (Phi) is 5.72. The van der Waals surface area contributed by atoms with E-state index in [4.69, 9.17) is 16.3 Å². The molecule has 0 aliphatic heterocycles. The summed E-state index contributed by atoms with van der Waals surface area (Å²) in [5.74, 6) is 5.18. The summed E-state index contributed by atoms with van der Waals surface area (Å²) in [5, 5.41) is 2.31. The van der Waals surface area contributed by atoms with Gasteiger partial charge in [0.05, 0.1) is 17.1 Å². The summed E-state index contributed by atoms with van der Waals surface area (Å²) < 4.78 is 42.4. The fourth-order valence-electron chi connectivity index (χ4n) is 1.36. The van der Waals surface area contributed by atoms with Gasteiger partial charge in [0.1, 0.15) is 5.60 Å². The first-order chi connectivity index (χ1) is 9.99. The number of nitrogens with one attached hydrogen (secondary N) is 1. The molecule has 0 saturated heterocycles. The van der Waals surface area contributed by atoms with Gasteiger partial charge in [0, 0.05) is 5.56 Å². The summed E-state index contributed by atoms with van der Waals surface area (Å²) in [7, 11) is 0. The van der Waals surface area contributed by atoms with Gasteiger partial charge in [-0.1, -0.05) is 23.4 Å². The van der Waals surface area contributed by atoms with Crippen LogP contribution in [0.5, 0.6) is 0 Å². The van der Waals surface area contributed by atoms with E-state index in [1.54, 1.807) is 20.8 Å². The molecule has 3 nitrogen and oxygen atoms in total. The lowest BCUT2D eigenvalue weighted by atomic mass is 10.1. The maximum Gasteiger partial charge on any atom is 0.416 e. The molecule has 0 aromatic heterocycles. The van der Waals surface area contributed by atoms with E-state index in [2.05, 4.69) is 17.2 Å². The topological polar surface area (TPSA) is 38.3 Å². The highest BCUT2D eigenvalue weighted by Gasteiger charge is 2.30. The number of hydrogen-bond acceptors (Lipinski definition) is 2. The summed E-state index contributed by atoms with van der Waals surface area (Å²) in [6.45, 7) is 5.16. The Bertz CT molecular complexity index is 610. The van der Waals surface area contributed by atoms with Crippen LogP contribution in [0.2, 0.25) is 5.02 Å². The van der Waals surface area contributed by atoms with Crippen molar-refractivity contribution in [2.24, 2.45) is 0 Å². The Hall–Kier alpha value is -1.87. The van der Waals surface area contributed by atoms with Gasteiger partial charge in [-0.15, -0.1) is 0 Å².